The van der Waals surface area contributed by atoms with Gasteiger partial charge in [0.2, 0.25) is 11.8 Å². The van der Waals surface area contributed by atoms with E-state index in [0.29, 0.717) is 23.8 Å². The van der Waals surface area contributed by atoms with Crippen molar-refractivity contribution in [1.82, 2.24) is 25.1 Å². The third-order valence-electron chi connectivity index (χ3n) is 4.36. The molecule has 3 aromatic rings. The summed E-state index contributed by atoms with van der Waals surface area (Å²) in [7, 11) is 0. The lowest BCUT2D eigenvalue weighted by molar-refractivity contribution is -0.154. The number of halogens is 3. The minimum absolute atomic E-state index is 0.0566. The Kier molecular flexibility index (Phi) is 5.08. The number of rotatable bonds is 7. The number of ether oxygens (including phenoxy) is 1. The molecule has 0 unspecified atom stereocenters. The highest BCUT2D eigenvalue weighted by Gasteiger charge is 2.28. The van der Waals surface area contributed by atoms with Crippen molar-refractivity contribution in [3.05, 3.63) is 48.0 Å². The van der Waals surface area contributed by atoms with Crippen LogP contribution in [0.25, 0.3) is 10.9 Å². The van der Waals surface area contributed by atoms with E-state index in [-0.39, 0.29) is 18.2 Å². The van der Waals surface area contributed by atoms with Crippen LogP contribution >= 0.6 is 0 Å². The van der Waals surface area contributed by atoms with Gasteiger partial charge in [-0.3, -0.25) is 14.5 Å². The highest BCUT2D eigenvalue weighted by Crippen LogP contribution is 2.21. The number of pyridine rings is 2. The van der Waals surface area contributed by atoms with Crippen LogP contribution in [0.3, 0.4) is 0 Å². The molecule has 3 heterocycles. The molecule has 10 heteroatoms. The van der Waals surface area contributed by atoms with Crippen molar-refractivity contribution in [3.8, 4) is 5.88 Å². The molecule has 0 radical (unpaired) electrons. The molecule has 0 aliphatic heterocycles. The van der Waals surface area contributed by atoms with Gasteiger partial charge in [-0.2, -0.15) is 18.3 Å². The lowest BCUT2D eigenvalue weighted by atomic mass is 10.2. The first kappa shape index (κ1) is 19.2. The number of carbonyl (C=O) groups is 1. The molecule has 1 saturated carbocycles. The number of nitrogens with one attached hydrogen (secondary N) is 1. The molecule has 0 spiro atoms. The van der Waals surface area contributed by atoms with Gasteiger partial charge in [-0.1, -0.05) is 6.07 Å². The second-order valence-corrected chi connectivity index (χ2v) is 6.94. The quantitative estimate of drug-likeness (QED) is 0.654. The zero-order valence-electron chi connectivity index (χ0n) is 15.3. The van der Waals surface area contributed by atoms with Crippen molar-refractivity contribution in [2.75, 3.05) is 6.61 Å². The van der Waals surface area contributed by atoms with Gasteiger partial charge in [0.25, 0.3) is 0 Å². The molecule has 4 rings (SSSR count). The number of hydrogen-bond donors (Lipinski definition) is 1. The minimum atomic E-state index is -4.41. The first-order valence-electron chi connectivity index (χ1n) is 9.10. The summed E-state index contributed by atoms with van der Waals surface area (Å²) in [5.41, 5.74) is 2.12. The van der Waals surface area contributed by atoms with Gasteiger partial charge in [0, 0.05) is 36.1 Å². The second-order valence-electron chi connectivity index (χ2n) is 6.94. The molecule has 0 atom stereocenters. The molecule has 0 aromatic carbocycles. The van der Waals surface area contributed by atoms with Crippen LogP contribution in [0.2, 0.25) is 0 Å². The SMILES string of the molecule is O=C(Cc1nccc2nn(Cc3ccc(OCC(F)(F)F)nc3)cc12)NC1CC1. The molecule has 152 valence electrons. The summed E-state index contributed by atoms with van der Waals surface area (Å²) in [5, 5.41) is 8.21. The fourth-order valence-corrected chi connectivity index (χ4v) is 2.86. The molecule has 1 N–H and O–H groups in total. The normalized spacial score (nSPS) is 14.2. The van der Waals surface area contributed by atoms with E-state index in [2.05, 4.69) is 25.1 Å². The summed E-state index contributed by atoms with van der Waals surface area (Å²) in [4.78, 5) is 20.3. The number of fused-ring (bicyclic) bond motifs is 1. The van der Waals surface area contributed by atoms with Crippen molar-refractivity contribution >= 4 is 16.8 Å². The lowest BCUT2D eigenvalue weighted by Gasteiger charge is -2.08. The largest absolute Gasteiger partial charge is 0.468 e. The maximum atomic E-state index is 12.2. The van der Waals surface area contributed by atoms with Crippen LogP contribution in [0.1, 0.15) is 24.1 Å². The van der Waals surface area contributed by atoms with E-state index in [9.17, 15) is 18.0 Å². The van der Waals surface area contributed by atoms with Crippen molar-refractivity contribution in [3.63, 3.8) is 0 Å². The molecule has 3 aromatic heterocycles. The first-order chi connectivity index (χ1) is 13.9. The van der Waals surface area contributed by atoms with E-state index in [1.807, 2.05) is 0 Å². The number of hydrogen-bond acceptors (Lipinski definition) is 5. The van der Waals surface area contributed by atoms with Gasteiger partial charge in [-0.25, -0.2) is 4.98 Å². The Labute approximate surface area is 163 Å². The average Bonchev–Trinajstić information content (AvgIpc) is 3.37. The summed E-state index contributed by atoms with van der Waals surface area (Å²) < 4.78 is 42.9. The molecule has 1 fully saturated rings. The Morgan fingerprint density at radius 1 is 1.24 bits per heavy atom. The van der Waals surface area contributed by atoms with Crippen molar-refractivity contribution in [2.24, 2.45) is 0 Å². The first-order valence-corrected chi connectivity index (χ1v) is 9.10. The van der Waals surface area contributed by atoms with Crippen molar-refractivity contribution in [2.45, 2.75) is 38.0 Å². The minimum Gasteiger partial charge on any atom is -0.468 e. The van der Waals surface area contributed by atoms with Crippen LogP contribution in [-0.2, 0) is 17.8 Å². The lowest BCUT2D eigenvalue weighted by Crippen LogP contribution is -2.27. The highest BCUT2D eigenvalue weighted by atomic mass is 19.4. The standard InChI is InChI=1S/C19H18F3N5O2/c20-19(21,22)11-29-18-4-1-12(8-24-18)9-27-10-14-15(26-27)5-6-23-16(14)7-17(28)25-13-2-3-13/h1,4-6,8,10,13H,2-3,7,9,11H2,(H,25,28). The summed E-state index contributed by atoms with van der Waals surface area (Å²) >= 11 is 0. The Morgan fingerprint density at radius 2 is 2.07 bits per heavy atom. The third kappa shape index (κ3) is 5.21. The summed E-state index contributed by atoms with van der Waals surface area (Å²) in [6.07, 6.45) is 2.69. The van der Waals surface area contributed by atoms with E-state index in [1.54, 1.807) is 29.2 Å². The molecule has 29 heavy (non-hydrogen) atoms. The number of carbonyl (C=O) groups excluding carboxylic acids is 1. The van der Waals surface area contributed by atoms with Crippen LogP contribution in [0, 0.1) is 0 Å². The predicted octanol–water partition coefficient (Wildman–Crippen LogP) is 2.64. The number of aromatic nitrogens is 4. The molecular weight excluding hydrogens is 387 g/mol. The Morgan fingerprint density at radius 3 is 2.76 bits per heavy atom. The molecule has 7 nitrogen and oxygen atoms in total. The number of alkyl halides is 3. The molecule has 1 amide bonds. The Hall–Kier alpha value is -3.17. The van der Waals surface area contributed by atoms with Gasteiger partial charge in [0.15, 0.2) is 6.61 Å². The highest BCUT2D eigenvalue weighted by molar-refractivity contribution is 5.86. The smallest absolute Gasteiger partial charge is 0.422 e. The molecule has 1 aliphatic carbocycles. The van der Waals surface area contributed by atoms with Crippen LogP contribution in [-0.4, -0.2) is 44.5 Å². The predicted molar refractivity (Wildman–Crippen MR) is 97.3 cm³/mol. The summed E-state index contributed by atoms with van der Waals surface area (Å²) in [5.74, 6) is -0.149. The van der Waals surface area contributed by atoms with Crippen LogP contribution in [0.5, 0.6) is 5.88 Å². The molecule has 0 saturated heterocycles. The van der Waals surface area contributed by atoms with E-state index in [0.717, 1.165) is 23.8 Å². The topological polar surface area (TPSA) is 81.9 Å². The average molecular weight is 405 g/mol. The summed E-state index contributed by atoms with van der Waals surface area (Å²) in [6, 6.07) is 5.08. The van der Waals surface area contributed by atoms with Crippen molar-refractivity contribution in [1.29, 1.82) is 0 Å². The van der Waals surface area contributed by atoms with Gasteiger partial charge >= 0.3 is 6.18 Å². The van der Waals surface area contributed by atoms with Crippen LogP contribution < -0.4 is 10.1 Å². The van der Waals surface area contributed by atoms with Gasteiger partial charge in [-0.15, -0.1) is 0 Å². The van der Waals surface area contributed by atoms with Crippen LogP contribution in [0.15, 0.2) is 36.8 Å². The van der Waals surface area contributed by atoms with E-state index >= 15 is 0 Å². The van der Waals surface area contributed by atoms with Gasteiger partial charge in [0.05, 0.1) is 24.2 Å². The fourth-order valence-electron chi connectivity index (χ4n) is 2.86. The zero-order valence-corrected chi connectivity index (χ0v) is 15.3. The molecular formula is C19H18F3N5O2. The second kappa shape index (κ2) is 7.69. The zero-order chi connectivity index (χ0) is 20.4. The fraction of sp³-hybridized carbons (Fsp3) is 0.368. The number of amides is 1. The van der Waals surface area contributed by atoms with E-state index in [1.165, 1.54) is 12.3 Å². The van der Waals surface area contributed by atoms with Gasteiger partial charge < -0.3 is 10.1 Å². The molecule has 0 bridgehead atoms. The summed E-state index contributed by atoms with van der Waals surface area (Å²) in [6.45, 7) is -1.01. The third-order valence-corrected chi connectivity index (χ3v) is 4.36. The maximum absolute atomic E-state index is 12.2. The maximum Gasteiger partial charge on any atom is 0.422 e. The molecule has 1 aliphatic rings. The van der Waals surface area contributed by atoms with Gasteiger partial charge in [0.1, 0.15) is 0 Å². The monoisotopic (exact) mass is 405 g/mol. The van der Waals surface area contributed by atoms with Crippen molar-refractivity contribution < 1.29 is 22.7 Å². The van der Waals surface area contributed by atoms with Crippen LogP contribution in [0.4, 0.5) is 13.2 Å². The Balaban J connectivity index is 1.44. The van der Waals surface area contributed by atoms with E-state index < -0.39 is 12.8 Å². The van der Waals surface area contributed by atoms with E-state index in [4.69, 9.17) is 0 Å². The van der Waals surface area contributed by atoms with Gasteiger partial charge in [-0.05, 0) is 24.5 Å². The number of nitrogens with zero attached hydrogens (tertiary/aromatic N) is 4. The Bertz CT molecular complexity index is 1010.